The number of nitrogens with one attached hydrogen (secondary N) is 2. The van der Waals surface area contributed by atoms with Gasteiger partial charge in [0.15, 0.2) is 0 Å². The second-order valence-electron chi connectivity index (χ2n) is 6.72. The monoisotopic (exact) mass is 341 g/mol. The van der Waals surface area contributed by atoms with E-state index in [1.807, 2.05) is 14.1 Å². The van der Waals surface area contributed by atoms with Gasteiger partial charge in [0, 0.05) is 23.7 Å². The molecule has 8 heteroatoms. The van der Waals surface area contributed by atoms with E-state index in [9.17, 15) is 13.2 Å². The first kappa shape index (κ1) is 16.5. The van der Waals surface area contributed by atoms with E-state index in [0.29, 0.717) is 6.04 Å². The van der Waals surface area contributed by atoms with Crippen LogP contribution in [0.5, 0.6) is 0 Å². The number of carbonyl (C=O) groups excluding carboxylic acids is 1. The average Bonchev–Trinajstić information content (AvgIpc) is 2.90. The van der Waals surface area contributed by atoms with E-state index in [1.165, 1.54) is 19.4 Å². The zero-order valence-electron chi connectivity index (χ0n) is 13.6. The fourth-order valence-corrected chi connectivity index (χ4v) is 5.26. The van der Waals surface area contributed by atoms with Crippen LogP contribution in [-0.2, 0) is 14.8 Å². The lowest BCUT2D eigenvalue weighted by atomic mass is 9.50. The van der Waals surface area contributed by atoms with Gasteiger partial charge in [-0.3, -0.25) is 0 Å². The van der Waals surface area contributed by atoms with Crippen LogP contribution in [0.3, 0.4) is 0 Å². The van der Waals surface area contributed by atoms with Gasteiger partial charge in [-0.15, -0.1) is 0 Å². The second-order valence-corrected chi connectivity index (χ2v) is 8.43. The molecular weight excluding hydrogens is 318 g/mol. The topological polar surface area (TPSA) is 91.5 Å². The fourth-order valence-electron chi connectivity index (χ4n) is 3.93. The van der Waals surface area contributed by atoms with E-state index >= 15 is 0 Å². The summed E-state index contributed by atoms with van der Waals surface area (Å²) >= 11 is 0. The quantitative estimate of drug-likeness (QED) is 0.778. The summed E-state index contributed by atoms with van der Waals surface area (Å²) in [4.78, 5) is 16.4. The van der Waals surface area contributed by atoms with Gasteiger partial charge < -0.3 is 14.6 Å². The number of ether oxygens (including phenoxy) is 1. The van der Waals surface area contributed by atoms with Gasteiger partial charge in [-0.25, -0.2) is 17.9 Å². The molecule has 2 fully saturated rings. The van der Waals surface area contributed by atoms with E-state index in [2.05, 4.69) is 19.3 Å². The van der Waals surface area contributed by atoms with Crippen molar-refractivity contribution in [3.8, 4) is 0 Å². The van der Waals surface area contributed by atoms with Crippen LogP contribution in [0.2, 0.25) is 0 Å². The highest BCUT2D eigenvalue weighted by molar-refractivity contribution is 7.89. The Morgan fingerprint density at radius 3 is 2.65 bits per heavy atom. The minimum Gasteiger partial charge on any atom is -0.464 e. The Hall–Kier alpha value is -1.38. The van der Waals surface area contributed by atoms with Gasteiger partial charge in [-0.2, -0.15) is 0 Å². The number of carbonyl (C=O) groups is 1. The molecule has 23 heavy (non-hydrogen) atoms. The van der Waals surface area contributed by atoms with Crippen molar-refractivity contribution in [2.45, 2.75) is 42.7 Å². The van der Waals surface area contributed by atoms with E-state index < -0.39 is 16.0 Å². The lowest BCUT2D eigenvalue weighted by Crippen LogP contribution is -2.70. The highest BCUT2D eigenvalue weighted by Gasteiger charge is 2.59. The van der Waals surface area contributed by atoms with Gasteiger partial charge in [0.25, 0.3) is 0 Å². The molecule has 1 heterocycles. The van der Waals surface area contributed by atoms with Crippen LogP contribution in [-0.4, -0.2) is 57.6 Å². The number of sulfonamides is 1. The van der Waals surface area contributed by atoms with Gasteiger partial charge in [-0.05, 0) is 39.4 Å². The number of esters is 1. The molecule has 0 amide bonds. The summed E-state index contributed by atoms with van der Waals surface area (Å²) in [5.41, 5.74) is 0.198. The normalized spacial score (nSPS) is 25.9. The Balaban J connectivity index is 1.75. The SMILES string of the molecule is COC(=O)c1cc(S(=O)(=O)NC2CC(N(C)C)C23CCC3)c[nH]1. The van der Waals surface area contributed by atoms with Crippen LogP contribution in [0.4, 0.5) is 0 Å². The molecule has 0 bridgehead atoms. The van der Waals surface area contributed by atoms with Crippen LogP contribution in [0.25, 0.3) is 0 Å². The molecule has 0 saturated heterocycles. The largest absolute Gasteiger partial charge is 0.464 e. The van der Waals surface area contributed by atoms with Crippen molar-refractivity contribution in [2.75, 3.05) is 21.2 Å². The van der Waals surface area contributed by atoms with E-state index in [4.69, 9.17) is 0 Å². The van der Waals surface area contributed by atoms with Crippen molar-refractivity contribution in [1.29, 1.82) is 0 Å². The third-order valence-electron chi connectivity index (χ3n) is 5.39. The first-order chi connectivity index (χ1) is 10.8. The number of hydrogen-bond acceptors (Lipinski definition) is 5. The van der Waals surface area contributed by atoms with Crippen molar-refractivity contribution >= 4 is 16.0 Å². The summed E-state index contributed by atoms with van der Waals surface area (Å²) in [6.07, 6.45) is 5.41. The van der Waals surface area contributed by atoms with Gasteiger partial charge in [0.1, 0.15) is 10.6 Å². The molecule has 2 atom stereocenters. The molecule has 3 rings (SSSR count). The number of H-pyrrole nitrogens is 1. The molecule has 2 saturated carbocycles. The predicted octanol–water partition coefficient (Wildman–Crippen LogP) is 0.952. The zero-order valence-corrected chi connectivity index (χ0v) is 14.4. The molecule has 0 aromatic carbocycles. The number of aromatic nitrogens is 1. The molecule has 1 aromatic rings. The third-order valence-corrected chi connectivity index (χ3v) is 6.85. The molecule has 1 aromatic heterocycles. The van der Waals surface area contributed by atoms with Crippen molar-refractivity contribution < 1.29 is 17.9 Å². The maximum Gasteiger partial charge on any atom is 0.354 e. The summed E-state index contributed by atoms with van der Waals surface area (Å²) in [6.45, 7) is 0. The molecule has 0 aliphatic heterocycles. The summed E-state index contributed by atoms with van der Waals surface area (Å²) < 4.78 is 32.5. The number of hydrogen-bond donors (Lipinski definition) is 2. The van der Waals surface area contributed by atoms with Gasteiger partial charge in [-0.1, -0.05) is 6.42 Å². The summed E-state index contributed by atoms with van der Waals surface area (Å²) in [6, 6.07) is 1.70. The van der Waals surface area contributed by atoms with Crippen molar-refractivity contribution in [3.63, 3.8) is 0 Å². The maximum absolute atomic E-state index is 12.6. The Morgan fingerprint density at radius 1 is 1.43 bits per heavy atom. The molecule has 2 N–H and O–H groups in total. The lowest BCUT2D eigenvalue weighted by Gasteiger charge is -2.63. The minimum absolute atomic E-state index is 0.0369. The number of rotatable bonds is 5. The fraction of sp³-hybridized carbons (Fsp3) is 0.667. The molecular formula is C15H23N3O4S. The Kier molecular flexibility index (Phi) is 4.02. The standard InChI is InChI=1S/C15H23N3O4S/c1-18(2)13-8-12(15(13)5-4-6-15)17-23(20,21)10-7-11(16-9-10)14(19)22-3/h7,9,12-13,16-17H,4-6,8H2,1-3H3. The molecule has 128 valence electrons. The Morgan fingerprint density at radius 2 is 2.13 bits per heavy atom. The highest BCUT2D eigenvalue weighted by atomic mass is 32.2. The molecule has 2 aliphatic carbocycles. The van der Waals surface area contributed by atoms with Crippen LogP contribution in [0, 0.1) is 5.41 Å². The van der Waals surface area contributed by atoms with Gasteiger partial charge in [0.05, 0.1) is 7.11 Å². The van der Waals surface area contributed by atoms with Crippen LogP contribution in [0.15, 0.2) is 17.2 Å². The van der Waals surface area contributed by atoms with Gasteiger partial charge in [0.2, 0.25) is 10.0 Å². The number of aromatic amines is 1. The first-order valence-electron chi connectivity index (χ1n) is 7.76. The predicted molar refractivity (Wildman–Crippen MR) is 84.6 cm³/mol. The lowest BCUT2D eigenvalue weighted by molar-refractivity contribution is -0.0922. The van der Waals surface area contributed by atoms with Crippen molar-refractivity contribution in [2.24, 2.45) is 5.41 Å². The third kappa shape index (κ3) is 2.58. The minimum atomic E-state index is -3.65. The summed E-state index contributed by atoms with van der Waals surface area (Å²) in [5.74, 6) is -0.585. The molecule has 7 nitrogen and oxygen atoms in total. The zero-order chi connectivity index (χ0) is 16.8. The maximum atomic E-state index is 12.6. The van der Waals surface area contributed by atoms with Crippen molar-refractivity contribution in [1.82, 2.24) is 14.6 Å². The number of nitrogens with zero attached hydrogens (tertiary/aromatic N) is 1. The van der Waals surface area contributed by atoms with E-state index in [-0.39, 0.29) is 22.0 Å². The average molecular weight is 341 g/mol. The van der Waals surface area contributed by atoms with Gasteiger partial charge >= 0.3 is 5.97 Å². The van der Waals surface area contributed by atoms with E-state index in [0.717, 1.165) is 25.7 Å². The summed E-state index contributed by atoms with van der Waals surface area (Å²) in [7, 11) is 1.70. The second kappa shape index (κ2) is 5.61. The highest BCUT2D eigenvalue weighted by Crippen LogP contribution is 2.57. The number of methoxy groups -OCH3 is 1. The summed E-state index contributed by atoms with van der Waals surface area (Å²) in [5, 5.41) is 0. The Labute approximate surface area is 136 Å². The van der Waals surface area contributed by atoms with Crippen LogP contribution >= 0.6 is 0 Å². The van der Waals surface area contributed by atoms with Crippen LogP contribution < -0.4 is 4.72 Å². The van der Waals surface area contributed by atoms with E-state index in [1.54, 1.807) is 0 Å². The van der Waals surface area contributed by atoms with Crippen molar-refractivity contribution in [3.05, 3.63) is 18.0 Å². The van der Waals surface area contributed by atoms with Crippen LogP contribution in [0.1, 0.15) is 36.2 Å². The molecule has 2 aliphatic rings. The molecule has 0 radical (unpaired) electrons. The first-order valence-corrected chi connectivity index (χ1v) is 9.24. The smallest absolute Gasteiger partial charge is 0.354 e. The molecule has 2 unspecified atom stereocenters. The Bertz CT molecular complexity index is 706. The molecule has 1 spiro atoms.